The predicted molar refractivity (Wildman–Crippen MR) is 74.5 cm³/mol. The molecule has 0 bridgehead atoms. The van der Waals surface area contributed by atoms with Crippen molar-refractivity contribution < 1.29 is 22.7 Å². The molecule has 0 aromatic carbocycles. The van der Waals surface area contributed by atoms with Crippen LogP contribution in [-0.2, 0) is 4.79 Å². The van der Waals surface area contributed by atoms with E-state index in [2.05, 4.69) is 10.3 Å². The van der Waals surface area contributed by atoms with Gasteiger partial charge >= 0.3 is 6.18 Å². The molecule has 1 aliphatic carbocycles. The first kappa shape index (κ1) is 16.6. The van der Waals surface area contributed by atoms with E-state index in [0.717, 1.165) is 5.56 Å². The minimum absolute atomic E-state index is 0.00836. The maximum Gasteiger partial charge on any atom is 0.397 e. The molecule has 2 rings (SSSR count). The molecule has 1 aliphatic rings. The van der Waals surface area contributed by atoms with E-state index in [-0.39, 0.29) is 12.1 Å². The molecule has 22 heavy (non-hydrogen) atoms. The topological polar surface area (TPSA) is 51.2 Å². The zero-order chi connectivity index (χ0) is 16.2. The third kappa shape index (κ3) is 5.54. The molecule has 0 saturated heterocycles. The number of hydrogen-bond donors (Lipinski definition) is 1. The van der Waals surface area contributed by atoms with Crippen LogP contribution in [0.4, 0.5) is 13.2 Å². The lowest BCUT2D eigenvalue weighted by atomic mass is 9.93. The number of pyridine rings is 1. The number of carbonyl (C=O) groups excluding carboxylic acids is 1. The predicted octanol–water partition coefficient (Wildman–Crippen LogP) is 3.15. The number of amides is 1. The first-order valence-corrected chi connectivity index (χ1v) is 7.27. The van der Waals surface area contributed by atoms with Crippen molar-refractivity contribution in [3.05, 3.63) is 23.9 Å². The largest absolute Gasteiger partial charge is 0.474 e. The molecular weight excluding hydrogens is 297 g/mol. The van der Waals surface area contributed by atoms with E-state index < -0.39 is 18.5 Å². The number of aromatic nitrogens is 1. The average Bonchev–Trinajstić information content (AvgIpc) is 2.41. The van der Waals surface area contributed by atoms with E-state index in [1.807, 2.05) is 13.0 Å². The summed E-state index contributed by atoms with van der Waals surface area (Å²) in [6.07, 6.45) is -1.57. The number of alkyl halides is 3. The summed E-state index contributed by atoms with van der Waals surface area (Å²) >= 11 is 0. The lowest BCUT2D eigenvalue weighted by Gasteiger charge is -2.29. The molecule has 7 heteroatoms. The Morgan fingerprint density at radius 2 is 2.00 bits per heavy atom. The van der Waals surface area contributed by atoms with Gasteiger partial charge in [-0.1, -0.05) is 6.07 Å². The minimum atomic E-state index is -4.46. The Morgan fingerprint density at radius 3 is 2.55 bits per heavy atom. The Morgan fingerprint density at radius 1 is 1.32 bits per heavy atom. The lowest BCUT2D eigenvalue weighted by Crippen LogP contribution is -2.41. The molecule has 1 aromatic rings. The molecule has 0 radical (unpaired) electrons. The molecule has 122 valence electrons. The number of ether oxygens (including phenoxy) is 1. The molecule has 1 saturated carbocycles. The second-order valence-corrected chi connectivity index (χ2v) is 5.62. The average molecular weight is 316 g/mol. The molecule has 0 aliphatic heterocycles. The van der Waals surface area contributed by atoms with Crippen molar-refractivity contribution in [1.82, 2.24) is 10.3 Å². The molecule has 0 atom stereocenters. The van der Waals surface area contributed by atoms with E-state index in [1.54, 1.807) is 12.3 Å². The van der Waals surface area contributed by atoms with Crippen molar-refractivity contribution in [1.29, 1.82) is 0 Å². The van der Waals surface area contributed by atoms with Crippen molar-refractivity contribution >= 4 is 5.91 Å². The standard InChI is InChI=1S/C15H19F3N2O2/c1-10-2-7-14(19-9-10)22-12-5-3-11(4-6-12)20-13(21)8-15(16,17)18/h2,7,9,11-12H,3-6,8H2,1H3,(H,20,21). The summed E-state index contributed by atoms with van der Waals surface area (Å²) in [5.41, 5.74) is 1.04. The normalized spacial score (nSPS) is 22.2. The van der Waals surface area contributed by atoms with Crippen LogP contribution in [0.5, 0.6) is 5.88 Å². The van der Waals surface area contributed by atoms with Gasteiger partial charge in [0.05, 0.1) is 0 Å². The zero-order valence-corrected chi connectivity index (χ0v) is 12.3. The summed E-state index contributed by atoms with van der Waals surface area (Å²) in [4.78, 5) is 15.4. The summed E-state index contributed by atoms with van der Waals surface area (Å²) in [6.45, 7) is 1.94. The number of hydrogen-bond acceptors (Lipinski definition) is 3. The van der Waals surface area contributed by atoms with Crippen molar-refractivity contribution in [3.8, 4) is 5.88 Å². The van der Waals surface area contributed by atoms with E-state index in [0.29, 0.717) is 31.6 Å². The van der Waals surface area contributed by atoms with E-state index in [4.69, 9.17) is 4.74 Å². The van der Waals surface area contributed by atoms with Gasteiger partial charge in [-0.25, -0.2) is 4.98 Å². The van der Waals surface area contributed by atoms with Crippen LogP contribution in [0.1, 0.15) is 37.7 Å². The van der Waals surface area contributed by atoms with Gasteiger partial charge in [-0.2, -0.15) is 13.2 Å². The van der Waals surface area contributed by atoms with Crippen LogP contribution in [0.3, 0.4) is 0 Å². The van der Waals surface area contributed by atoms with E-state index in [9.17, 15) is 18.0 Å². The molecule has 1 N–H and O–H groups in total. The first-order valence-electron chi connectivity index (χ1n) is 7.27. The fourth-order valence-corrected chi connectivity index (χ4v) is 2.48. The third-order valence-corrected chi connectivity index (χ3v) is 3.57. The molecule has 1 heterocycles. The van der Waals surface area contributed by atoms with Crippen LogP contribution in [0, 0.1) is 6.92 Å². The van der Waals surface area contributed by atoms with Gasteiger partial charge in [0.15, 0.2) is 0 Å². The SMILES string of the molecule is Cc1ccc(OC2CCC(NC(=O)CC(F)(F)F)CC2)nc1. The van der Waals surface area contributed by atoms with E-state index in [1.165, 1.54) is 0 Å². The monoisotopic (exact) mass is 316 g/mol. The van der Waals surface area contributed by atoms with Gasteiger partial charge in [0.1, 0.15) is 12.5 Å². The van der Waals surface area contributed by atoms with Gasteiger partial charge in [0.25, 0.3) is 0 Å². The second kappa shape index (κ2) is 6.98. The number of nitrogens with one attached hydrogen (secondary N) is 1. The highest BCUT2D eigenvalue weighted by atomic mass is 19.4. The second-order valence-electron chi connectivity index (χ2n) is 5.62. The van der Waals surface area contributed by atoms with Gasteiger partial charge < -0.3 is 10.1 Å². The molecule has 4 nitrogen and oxygen atoms in total. The quantitative estimate of drug-likeness (QED) is 0.928. The van der Waals surface area contributed by atoms with Gasteiger partial charge in [-0.05, 0) is 38.2 Å². The Hall–Kier alpha value is -1.79. The molecular formula is C15H19F3N2O2. The Balaban J connectivity index is 1.73. The van der Waals surface area contributed by atoms with Crippen LogP contribution < -0.4 is 10.1 Å². The highest BCUT2D eigenvalue weighted by Crippen LogP contribution is 2.24. The molecule has 0 unspecified atom stereocenters. The highest BCUT2D eigenvalue weighted by molar-refractivity contribution is 5.76. The summed E-state index contributed by atoms with van der Waals surface area (Å²) in [7, 11) is 0. The molecule has 1 aromatic heterocycles. The number of nitrogens with zero attached hydrogens (tertiary/aromatic N) is 1. The Kier molecular flexibility index (Phi) is 5.26. The maximum atomic E-state index is 12.1. The molecule has 1 amide bonds. The first-order chi connectivity index (χ1) is 10.3. The maximum absolute atomic E-state index is 12.1. The third-order valence-electron chi connectivity index (χ3n) is 3.57. The van der Waals surface area contributed by atoms with Gasteiger partial charge in [-0.3, -0.25) is 4.79 Å². The lowest BCUT2D eigenvalue weighted by molar-refractivity contribution is -0.154. The van der Waals surface area contributed by atoms with Crippen LogP contribution in [0.2, 0.25) is 0 Å². The van der Waals surface area contributed by atoms with E-state index >= 15 is 0 Å². The number of rotatable bonds is 4. The fraction of sp³-hybridized carbons (Fsp3) is 0.600. The van der Waals surface area contributed by atoms with Crippen molar-refractivity contribution in [2.45, 2.75) is 57.3 Å². The Labute approximate surface area is 127 Å². The van der Waals surface area contributed by atoms with Gasteiger partial charge in [0, 0.05) is 18.3 Å². The van der Waals surface area contributed by atoms with Crippen LogP contribution in [0.15, 0.2) is 18.3 Å². The van der Waals surface area contributed by atoms with Crippen LogP contribution in [-0.4, -0.2) is 29.2 Å². The van der Waals surface area contributed by atoms with Crippen molar-refractivity contribution in [2.24, 2.45) is 0 Å². The molecule has 1 fully saturated rings. The minimum Gasteiger partial charge on any atom is -0.474 e. The summed E-state index contributed by atoms with van der Waals surface area (Å²) < 4.78 is 42.1. The number of aryl methyl sites for hydroxylation is 1. The number of halogens is 3. The van der Waals surface area contributed by atoms with Crippen LogP contribution >= 0.6 is 0 Å². The summed E-state index contributed by atoms with van der Waals surface area (Å²) in [5.74, 6) is -0.410. The highest BCUT2D eigenvalue weighted by Gasteiger charge is 2.32. The smallest absolute Gasteiger partial charge is 0.397 e. The van der Waals surface area contributed by atoms with Crippen molar-refractivity contribution in [3.63, 3.8) is 0 Å². The summed E-state index contributed by atoms with van der Waals surface area (Å²) in [6, 6.07) is 3.50. The van der Waals surface area contributed by atoms with Gasteiger partial charge in [0.2, 0.25) is 11.8 Å². The van der Waals surface area contributed by atoms with Crippen molar-refractivity contribution in [2.75, 3.05) is 0 Å². The van der Waals surface area contributed by atoms with Gasteiger partial charge in [-0.15, -0.1) is 0 Å². The number of carbonyl (C=O) groups is 1. The zero-order valence-electron chi connectivity index (χ0n) is 12.3. The molecule has 0 spiro atoms. The summed E-state index contributed by atoms with van der Waals surface area (Å²) in [5, 5.41) is 2.44. The van der Waals surface area contributed by atoms with Crippen LogP contribution in [0.25, 0.3) is 0 Å². The Bertz CT molecular complexity index is 495. The fourth-order valence-electron chi connectivity index (χ4n) is 2.48.